The Morgan fingerprint density at radius 2 is 2.29 bits per heavy atom. The van der Waals surface area contributed by atoms with Crippen molar-refractivity contribution in [1.29, 1.82) is 0 Å². The second-order valence-corrected chi connectivity index (χ2v) is 3.88. The van der Waals surface area contributed by atoms with Crippen LogP contribution in [0.4, 0.5) is 0 Å². The highest BCUT2D eigenvalue weighted by molar-refractivity contribution is 9.10. The molecule has 3 nitrogen and oxygen atoms in total. The molecule has 1 aromatic rings. The number of rotatable bonds is 4. The predicted octanol–water partition coefficient (Wildman–Crippen LogP) is 1.45. The van der Waals surface area contributed by atoms with Gasteiger partial charge in [-0.2, -0.15) is 0 Å². The number of aliphatic hydroxyl groups excluding tert-OH is 1. The molecule has 76 valence electrons. The zero-order valence-corrected chi connectivity index (χ0v) is 9.77. The van der Waals surface area contributed by atoms with Crippen molar-refractivity contribution < 1.29 is 9.84 Å². The largest absolute Gasteiger partial charge is 0.490 e. The van der Waals surface area contributed by atoms with E-state index in [1.807, 2.05) is 0 Å². The van der Waals surface area contributed by atoms with Crippen LogP contribution >= 0.6 is 28.1 Å². The molecule has 1 aromatic carbocycles. The second kappa shape index (κ2) is 5.29. The highest BCUT2D eigenvalue weighted by atomic mass is 79.9. The van der Waals surface area contributed by atoms with Gasteiger partial charge in [-0.25, -0.2) is 0 Å². The van der Waals surface area contributed by atoms with Gasteiger partial charge in [0.25, 0.3) is 0 Å². The highest BCUT2D eigenvalue weighted by Crippen LogP contribution is 2.25. The van der Waals surface area contributed by atoms with Crippen molar-refractivity contribution in [2.24, 2.45) is 5.73 Å². The van der Waals surface area contributed by atoms with E-state index in [1.165, 1.54) is 0 Å². The van der Waals surface area contributed by atoms with Crippen molar-refractivity contribution in [1.82, 2.24) is 0 Å². The summed E-state index contributed by atoms with van der Waals surface area (Å²) in [5.41, 5.74) is 6.24. The van der Waals surface area contributed by atoms with E-state index in [9.17, 15) is 0 Å². The molecule has 1 rings (SSSR count). The molecule has 14 heavy (non-hydrogen) atoms. The number of ether oxygens (including phenoxy) is 1. The predicted molar refractivity (Wildman–Crippen MR) is 62.6 cm³/mol. The van der Waals surface area contributed by atoms with Gasteiger partial charge in [-0.15, -0.1) is 0 Å². The normalized spacial score (nSPS) is 9.86. The number of thiocarbonyl (C=S) groups is 1. The summed E-state index contributed by atoms with van der Waals surface area (Å²) >= 11 is 8.15. The average Bonchev–Trinajstić information content (AvgIpc) is 2.15. The minimum Gasteiger partial charge on any atom is -0.490 e. The number of benzene rings is 1. The minimum atomic E-state index is -0.0104. The van der Waals surface area contributed by atoms with E-state index in [4.69, 9.17) is 27.8 Å². The lowest BCUT2D eigenvalue weighted by Crippen LogP contribution is -2.09. The second-order valence-electron chi connectivity index (χ2n) is 2.58. The Hall–Kier alpha value is -0.650. The van der Waals surface area contributed by atoms with Gasteiger partial charge in [-0.3, -0.25) is 0 Å². The monoisotopic (exact) mass is 275 g/mol. The molecular weight excluding hydrogens is 266 g/mol. The molecular formula is C9H10BrNO2S. The van der Waals surface area contributed by atoms with Gasteiger partial charge in [0.2, 0.25) is 0 Å². The molecule has 3 N–H and O–H groups in total. The Balaban J connectivity index is 2.84. The van der Waals surface area contributed by atoms with Gasteiger partial charge < -0.3 is 15.6 Å². The third-order valence-electron chi connectivity index (χ3n) is 1.57. The van der Waals surface area contributed by atoms with Crippen LogP contribution in [-0.4, -0.2) is 23.3 Å². The number of hydrogen-bond donors (Lipinski definition) is 2. The van der Waals surface area contributed by atoms with Gasteiger partial charge in [-0.1, -0.05) is 12.2 Å². The van der Waals surface area contributed by atoms with Crippen molar-refractivity contribution in [3.8, 4) is 5.75 Å². The molecule has 0 aromatic heterocycles. The smallest absolute Gasteiger partial charge is 0.133 e. The maximum absolute atomic E-state index is 8.58. The molecule has 0 fully saturated rings. The Kier molecular flexibility index (Phi) is 4.31. The van der Waals surface area contributed by atoms with Crippen LogP contribution in [0.1, 0.15) is 5.56 Å². The minimum absolute atomic E-state index is 0.0104. The SMILES string of the molecule is NC(=S)c1ccc(OCCO)c(Br)c1. The first-order valence-corrected chi connectivity index (χ1v) is 5.18. The summed E-state index contributed by atoms with van der Waals surface area (Å²) in [4.78, 5) is 0.347. The Morgan fingerprint density at radius 3 is 2.79 bits per heavy atom. The lowest BCUT2D eigenvalue weighted by Gasteiger charge is -2.07. The highest BCUT2D eigenvalue weighted by Gasteiger charge is 2.03. The Bertz CT molecular complexity index is 344. The fourth-order valence-corrected chi connectivity index (χ4v) is 1.55. The molecule has 0 aliphatic heterocycles. The molecule has 0 aliphatic rings. The summed E-state index contributed by atoms with van der Waals surface area (Å²) in [6.07, 6.45) is 0. The molecule has 0 radical (unpaired) electrons. The van der Waals surface area contributed by atoms with Gasteiger partial charge in [0.05, 0.1) is 11.1 Å². The lowest BCUT2D eigenvalue weighted by molar-refractivity contribution is 0.200. The summed E-state index contributed by atoms with van der Waals surface area (Å²) in [7, 11) is 0. The first kappa shape index (κ1) is 11.4. The summed E-state index contributed by atoms with van der Waals surface area (Å²) < 4.78 is 6.01. The number of hydrogen-bond acceptors (Lipinski definition) is 3. The fourth-order valence-electron chi connectivity index (χ4n) is 0.927. The molecule has 0 bridgehead atoms. The van der Waals surface area contributed by atoms with Crippen LogP contribution in [0.3, 0.4) is 0 Å². The first-order chi connectivity index (χ1) is 6.65. The topological polar surface area (TPSA) is 55.5 Å². The van der Waals surface area contributed by atoms with Crippen LogP contribution in [0.2, 0.25) is 0 Å². The summed E-state index contributed by atoms with van der Waals surface area (Å²) in [6.45, 7) is 0.258. The standard InChI is InChI=1S/C9H10BrNO2S/c10-7-5-6(9(11)14)1-2-8(7)13-4-3-12/h1-2,5,12H,3-4H2,(H2,11,14). The molecule has 0 unspecified atom stereocenters. The molecule has 0 heterocycles. The van der Waals surface area contributed by atoms with E-state index in [-0.39, 0.29) is 13.2 Å². The Morgan fingerprint density at radius 1 is 1.57 bits per heavy atom. The van der Waals surface area contributed by atoms with Gasteiger partial charge in [-0.05, 0) is 34.1 Å². The molecule has 0 amide bonds. The van der Waals surface area contributed by atoms with Crippen LogP contribution in [-0.2, 0) is 0 Å². The third-order valence-corrected chi connectivity index (χ3v) is 2.42. The summed E-state index contributed by atoms with van der Waals surface area (Å²) in [5.74, 6) is 0.666. The van der Waals surface area contributed by atoms with E-state index in [2.05, 4.69) is 15.9 Å². The van der Waals surface area contributed by atoms with Gasteiger partial charge in [0.1, 0.15) is 17.3 Å². The maximum Gasteiger partial charge on any atom is 0.133 e. The lowest BCUT2D eigenvalue weighted by atomic mass is 10.2. The van der Waals surface area contributed by atoms with Crippen molar-refractivity contribution in [2.75, 3.05) is 13.2 Å². The number of nitrogens with two attached hydrogens (primary N) is 1. The van der Waals surface area contributed by atoms with Crippen LogP contribution in [0.25, 0.3) is 0 Å². The molecule has 0 saturated carbocycles. The van der Waals surface area contributed by atoms with E-state index in [0.717, 1.165) is 10.0 Å². The Labute approximate surface area is 96.0 Å². The van der Waals surface area contributed by atoms with Crippen molar-refractivity contribution in [3.63, 3.8) is 0 Å². The molecule has 0 atom stereocenters. The molecule has 0 saturated heterocycles. The van der Waals surface area contributed by atoms with Crippen LogP contribution < -0.4 is 10.5 Å². The summed E-state index contributed by atoms with van der Waals surface area (Å²) in [5, 5.41) is 8.58. The third kappa shape index (κ3) is 2.94. The van der Waals surface area contributed by atoms with Crippen LogP contribution in [0.15, 0.2) is 22.7 Å². The molecule has 0 aliphatic carbocycles. The quantitative estimate of drug-likeness (QED) is 0.817. The van der Waals surface area contributed by atoms with Crippen LogP contribution in [0.5, 0.6) is 5.75 Å². The van der Waals surface area contributed by atoms with Crippen molar-refractivity contribution >= 4 is 33.1 Å². The zero-order valence-electron chi connectivity index (χ0n) is 7.37. The van der Waals surface area contributed by atoms with Gasteiger partial charge in [0.15, 0.2) is 0 Å². The molecule has 0 spiro atoms. The van der Waals surface area contributed by atoms with E-state index >= 15 is 0 Å². The molecule has 5 heteroatoms. The van der Waals surface area contributed by atoms with E-state index in [1.54, 1.807) is 18.2 Å². The number of halogens is 1. The maximum atomic E-state index is 8.58. The van der Waals surface area contributed by atoms with Gasteiger partial charge in [0, 0.05) is 5.56 Å². The fraction of sp³-hybridized carbons (Fsp3) is 0.222. The first-order valence-electron chi connectivity index (χ1n) is 3.98. The van der Waals surface area contributed by atoms with Crippen molar-refractivity contribution in [3.05, 3.63) is 28.2 Å². The van der Waals surface area contributed by atoms with Crippen LogP contribution in [0, 0.1) is 0 Å². The zero-order chi connectivity index (χ0) is 10.6. The van der Waals surface area contributed by atoms with Gasteiger partial charge >= 0.3 is 0 Å². The average molecular weight is 276 g/mol. The van der Waals surface area contributed by atoms with E-state index < -0.39 is 0 Å². The van der Waals surface area contributed by atoms with Crippen molar-refractivity contribution in [2.45, 2.75) is 0 Å². The van der Waals surface area contributed by atoms with E-state index in [0.29, 0.717) is 10.7 Å². The summed E-state index contributed by atoms with van der Waals surface area (Å²) in [6, 6.07) is 5.32. The number of aliphatic hydroxyl groups is 1.